The van der Waals surface area contributed by atoms with Gasteiger partial charge in [-0.15, -0.1) is 0 Å². The van der Waals surface area contributed by atoms with Crippen molar-refractivity contribution in [3.63, 3.8) is 0 Å². The molecule has 0 aromatic heterocycles. The number of nitrogens with zero attached hydrogens (tertiary/aromatic N) is 1. The van der Waals surface area contributed by atoms with Crippen LogP contribution in [0, 0.1) is 5.92 Å². The highest BCUT2D eigenvalue weighted by Crippen LogP contribution is 2.08. The minimum atomic E-state index is -0.484. The molecule has 1 rings (SSSR count). The van der Waals surface area contributed by atoms with Gasteiger partial charge in [0.2, 0.25) is 0 Å². The van der Waals surface area contributed by atoms with E-state index in [1.165, 1.54) is 0 Å². The Labute approximate surface area is 51.5 Å². The normalized spacial score (nSPS) is 25.2. The first kappa shape index (κ1) is 5.94. The molecule has 1 unspecified atom stereocenters. The summed E-state index contributed by atoms with van der Waals surface area (Å²) in [5, 5.41) is 3.22. The van der Waals surface area contributed by atoms with E-state index in [2.05, 4.69) is 9.99 Å². The first-order chi connectivity index (χ1) is 4.25. The van der Waals surface area contributed by atoms with Gasteiger partial charge in [0.25, 0.3) is 0 Å². The van der Waals surface area contributed by atoms with Crippen LogP contribution in [-0.4, -0.2) is 18.0 Å². The highest BCUT2D eigenvalue weighted by atomic mass is 16.7. The largest absolute Gasteiger partial charge is 0.343 e. The maximum atomic E-state index is 10.4. The first-order valence-electron chi connectivity index (χ1n) is 2.49. The number of carbonyl (C=O) groups excluding carboxylic acids is 2. The van der Waals surface area contributed by atoms with Crippen LogP contribution in [0.25, 0.3) is 0 Å². The summed E-state index contributed by atoms with van der Waals surface area (Å²) in [6.07, 6.45) is 0.523. The van der Waals surface area contributed by atoms with E-state index in [-0.39, 0.29) is 5.71 Å². The molecule has 9 heavy (non-hydrogen) atoms. The topological polar surface area (TPSA) is 55.7 Å². The fraction of sp³-hybridized carbons (Fsp3) is 0.400. The van der Waals surface area contributed by atoms with Gasteiger partial charge in [-0.1, -0.05) is 5.16 Å². The second-order valence-corrected chi connectivity index (χ2v) is 1.77. The molecule has 0 radical (unpaired) electrons. The first-order valence-corrected chi connectivity index (χ1v) is 2.49. The molecular weight excluding hydrogens is 122 g/mol. The molecule has 0 bridgehead atoms. The minimum absolute atomic E-state index is 0.167. The number of aldehydes is 1. The molecular formula is C5H5NO3. The lowest BCUT2D eigenvalue weighted by atomic mass is 10.1. The maximum absolute atomic E-state index is 10.4. The van der Waals surface area contributed by atoms with Gasteiger partial charge in [-0.3, -0.25) is 4.79 Å². The van der Waals surface area contributed by atoms with Crippen molar-refractivity contribution in [3.05, 3.63) is 0 Å². The average molecular weight is 127 g/mol. The molecule has 0 saturated heterocycles. The van der Waals surface area contributed by atoms with Gasteiger partial charge in [-0.25, -0.2) is 4.79 Å². The Balaban J connectivity index is 2.77. The summed E-state index contributed by atoms with van der Waals surface area (Å²) >= 11 is 0. The Morgan fingerprint density at radius 2 is 2.44 bits per heavy atom. The molecule has 0 aromatic rings. The fourth-order valence-electron chi connectivity index (χ4n) is 0.500. The van der Waals surface area contributed by atoms with E-state index in [0.717, 1.165) is 0 Å². The Kier molecular flexibility index (Phi) is 1.30. The molecule has 0 aromatic carbocycles. The molecule has 0 aliphatic carbocycles. The summed E-state index contributed by atoms with van der Waals surface area (Å²) in [5.41, 5.74) is 0.167. The van der Waals surface area contributed by atoms with Gasteiger partial charge in [-0.05, 0) is 6.92 Å². The van der Waals surface area contributed by atoms with E-state index in [1.807, 2.05) is 0 Å². The standard InChI is InChI=1S/C5H5NO3/c1-3-4(2-7)6-9-5(3)8/h2-3H,1H3. The zero-order chi connectivity index (χ0) is 6.85. The second kappa shape index (κ2) is 1.97. The van der Waals surface area contributed by atoms with Crippen molar-refractivity contribution in [1.82, 2.24) is 0 Å². The third kappa shape index (κ3) is 0.826. The Hall–Kier alpha value is -1.19. The van der Waals surface area contributed by atoms with Gasteiger partial charge in [0, 0.05) is 0 Å². The smallest absolute Gasteiger partial charge is 0.317 e. The molecule has 1 aliphatic rings. The van der Waals surface area contributed by atoms with Gasteiger partial charge < -0.3 is 4.84 Å². The van der Waals surface area contributed by atoms with E-state index >= 15 is 0 Å². The summed E-state index contributed by atoms with van der Waals surface area (Å²) < 4.78 is 0. The van der Waals surface area contributed by atoms with Crippen LogP contribution in [0.3, 0.4) is 0 Å². The monoisotopic (exact) mass is 127 g/mol. The summed E-state index contributed by atoms with van der Waals surface area (Å²) in [5.74, 6) is -0.945. The molecule has 4 nitrogen and oxygen atoms in total. The SMILES string of the molecule is CC1C(=O)ON=C1C=O. The van der Waals surface area contributed by atoms with Crippen molar-refractivity contribution < 1.29 is 14.4 Å². The Morgan fingerprint density at radius 1 is 1.78 bits per heavy atom. The van der Waals surface area contributed by atoms with Crippen molar-refractivity contribution in [2.75, 3.05) is 0 Å². The van der Waals surface area contributed by atoms with Gasteiger partial charge in [0.05, 0.1) is 0 Å². The number of hydrogen-bond acceptors (Lipinski definition) is 4. The minimum Gasteiger partial charge on any atom is -0.317 e. The summed E-state index contributed by atoms with van der Waals surface area (Å²) in [4.78, 5) is 24.6. The Morgan fingerprint density at radius 3 is 2.67 bits per heavy atom. The molecule has 0 amide bonds. The third-order valence-electron chi connectivity index (χ3n) is 1.16. The van der Waals surface area contributed by atoms with Crippen LogP contribution in [-0.2, 0) is 14.4 Å². The van der Waals surface area contributed by atoms with Crippen LogP contribution in [0.1, 0.15) is 6.92 Å². The van der Waals surface area contributed by atoms with Crippen LogP contribution in [0.5, 0.6) is 0 Å². The van der Waals surface area contributed by atoms with E-state index in [9.17, 15) is 9.59 Å². The quantitative estimate of drug-likeness (QED) is 0.360. The lowest BCUT2D eigenvalue weighted by Crippen LogP contribution is -2.14. The summed E-state index contributed by atoms with van der Waals surface area (Å²) in [6, 6.07) is 0. The van der Waals surface area contributed by atoms with Crippen molar-refractivity contribution in [2.45, 2.75) is 6.92 Å². The maximum Gasteiger partial charge on any atom is 0.343 e. The number of rotatable bonds is 1. The zero-order valence-corrected chi connectivity index (χ0v) is 4.83. The van der Waals surface area contributed by atoms with E-state index in [0.29, 0.717) is 6.29 Å². The molecule has 1 atom stereocenters. The lowest BCUT2D eigenvalue weighted by Gasteiger charge is -1.89. The van der Waals surface area contributed by atoms with Crippen LogP contribution >= 0.6 is 0 Å². The molecule has 0 N–H and O–H groups in total. The molecule has 0 saturated carbocycles. The van der Waals surface area contributed by atoms with Crippen LogP contribution in [0.4, 0.5) is 0 Å². The highest BCUT2D eigenvalue weighted by Gasteiger charge is 2.27. The predicted molar refractivity (Wildman–Crippen MR) is 28.8 cm³/mol. The van der Waals surface area contributed by atoms with Crippen LogP contribution in [0.15, 0.2) is 5.16 Å². The van der Waals surface area contributed by atoms with Crippen molar-refractivity contribution in [2.24, 2.45) is 11.1 Å². The average Bonchev–Trinajstić information content (AvgIpc) is 2.15. The summed E-state index contributed by atoms with van der Waals surface area (Å²) in [7, 11) is 0. The highest BCUT2D eigenvalue weighted by molar-refractivity contribution is 6.34. The van der Waals surface area contributed by atoms with E-state index in [1.54, 1.807) is 6.92 Å². The van der Waals surface area contributed by atoms with Gasteiger partial charge >= 0.3 is 5.97 Å². The predicted octanol–water partition coefficient (Wildman–Crippen LogP) is -0.266. The number of hydrogen-bond donors (Lipinski definition) is 0. The lowest BCUT2D eigenvalue weighted by molar-refractivity contribution is -0.143. The van der Waals surface area contributed by atoms with Crippen molar-refractivity contribution in [3.8, 4) is 0 Å². The molecule has 0 fully saturated rings. The van der Waals surface area contributed by atoms with Gasteiger partial charge in [-0.2, -0.15) is 0 Å². The zero-order valence-electron chi connectivity index (χ0n) is 4.83. The Bertz CT molecular complexity index is 185. The molecule has 0 spiro atoms. The van der Waals surface area contributed by atoms with Crippen LogP contribution < -0.4 is 0 Å². The summed E-state index contributed by atoms with van der Waals surface area (Å²) in [6.45, 7) is 1.57. The third-order valence-corrected chi connectivity index (χ3v) is 1.16. The van der Waals surface area contributed by atoms with Gasteiger partial charge in [0.15, 0.2) is 6.29 Å². The molecule has 1 heterocycles. The molecule has 48 valence electrons. The van der Waals surface area contributed by atoms with Crippen LogP contribution in [0.2, 0.25) is 0 Å². The fourth-order valence-corrected chi connectivity index (χ4v) is 0.500. The van der Waals surface area contributed by atoms with E-state index in [4.69, 9.17) is 0 Å². The van der Waals surface area contributed by atoms with E-state index < -0.39 is 11.9 Å². The molecule has 1 aliphatic heterocycles. The van der Waals surface area contributed by atoms with Crippen molar-refractivity contribution in [1.29, 1.82) is 0 Å². The molecule has 4 heteroatoms. The second-order valence-electron chi connectivity index (χ2n) is 1.77. The van der Waals surface area contributed by atoms with Crippen molar-refractivity contribution >= 4 is 18.0 Å². The number of oxime groups is 1. The van der Waals surface area contributed by atoms with Gasteiger partial charge in [0.1, 0.15) is 11.6 Å². The number of carbonyl (C=O) groups is 2.